The first-order valence-electron chi connectivity index (χ1n) is 6.87. The van der Waals surface area contributed by atoms with Crippen molar-refractivity contribution in [2.75, 3.05) is 6.61 Å². The molecule has 3 heteroatoms. The molecule has 0 aliphatic carbocycles. The first kappa shape index (κ1) is 13.8. The Morgan fingerprint density at radius 1 is 1.15 bits per heavy atom. The topological polar surface area (TPSA) is 9.23 Å². The van der Waals surface area contributed by atoms with Crippen molar-refractivity contribution in [3.05, 3.63) is 64.2 Å². The van der Waals surface area contributed by atoms with Crippen LogP contribution in [0.4, 0.5) is 0 Å². The third kappa shape index (κ3) is 2.94. The molecule has 104 valence electrons. The van der Waals surface area contributed by atoms with E-state index in [9.17, 15) is 0 Å². The van der Waals surface area contributed by atoms with E-state index >= 15 is 0 Å². The summed E-state index contributed by atoms with van der Waals surface area (Å²) in [4.78, 5) is 0. The maximum atomic E-state index is 6.47. The van der Waals surface area contributed by atoms with E-state index in [2.05, 4.69) is 12.1 Å². The second kappa shape index (κ2) is 6.07. The monoisotopic (exact) mass is 306 g/mol. The molecule has 0 amide bonds. The van der Waals surface area contributed by atoms with Gasteiger partial charge in [-0.25, -0.2) is 0 Å². The molecule has 1 atom stereocenters. The average Bonchev–Trinajstić information content (AvgIpc) is 2.93. The standard InChI is InChI=1S/C17H16Cl2O/c18-15-10-13(17-14(11-15)8-9-20-17)6-7-16(19)12-4-2-1-3-5-12/h1-5,10-11,16H,6-9H2. The number of ether oxygens (including phenoxy) is 1. The normalized spacial score (nSPS) is 14.7. The Labute approximate surface area is 129 Å². The molecule has 0 N–H and O–H groups in total. The van der Waals surface area contributed by atoms with Gasteiger partial charge in [0.25, 0.3) is 0 Å². The minimum absolute atomic E-state index is 0.0206. The fraction of sp³-hybridized carbons (Fsp3) is 0.294. The summed E-state index contributed by atoms with van der Waals surface area (Å²) in [7, 11) is 0. The molecule has 1 nitrogen and oxygen atoms in total. The number of fused-ring (bicyclic) bond motifs is 1. The first-order valence-corrected chi connectivity index (χ1v) is 7.68. The van der Waals surface area contributed by atoms with Gasteiger partial charge in [-0.3, -0.25) is 0 Å². The quantitative estimate of drug-likeness (QED) is 0.707. The predicted molar refractivity (Wildman–Crippen MR) is 84.0 cm³/mol. The molecule has 0 radical (unpaired) electrons. The Morgan fingerprint density at radius 3 is 2.75 bits per heavy atom. The van der Waals surface area contributed by atoms with Crippen LogP contribution in [0, 0.1) is 0 Å². The fourth-order valence-electron chi connectivity index (χ4n) is 2.64. The second-order valence-corrected chi connectivity index (χ2v) is 6.03. The van der Waals surface area contributed by atoms with Crippen LogP contribution in [0.1, 0.15) is 28.5 Å². The molecule has 2 aromatic rings. The first-order chi connectivity index (χ1) is 9.74. The number of benzene rings is 2. The van der Waals surface area contributed by atoms with E-state index in [4.69, 9.17) is 27.9 Å². The minimum atomic E-state index is 0.0206. The number of halogens is 2. The number of hydrogen-bond acceptors (Lipinski definition) is 1. The van der Waals surface area contributed by atoms with Gasteiger partial charge in [-0.2, -0.15) is 0 Å². The van der Waals surface area contributed by atoms with Gasteiger partial charge in [0.15, 0.2) is 0 Å². The number of alkyl halides is 1. The predicted octanol–water partition coefficient (Wildman–Crippen LogP) is 5.19. The van der Waals surface area contributed by atoms with Crippen molar-refractivity contribution in [3.63, 3.8) is 0 Å². The summed E-state index contributed by atoms with van der Waals surface area (Å²) in [5.41, 5.74) is 3.55. The lowest BCUT2D eigenvalue weighted by atomic mass is 10.0. The molecule has 1 unspecified atom stereocenters. The molecule has 0 spiro atoms. The van der Waals surface area contributed by atoms with Gasteiger partial charge in [-0.1, -0.05) is 41.9 Å². The van der Waals surface area contributed by atoms with E-state index in [1.54, 1.807) is 0 Å². The maximum absolute atomic E-state index is 6.47. The highest BCUT2D eigenvalue weighted by atomic mass is 35.5. The van der Waals surface area contributed by atoms with Gasteiger partial charge in [0.1, 0.15) is 5.75 Å². The van der Waals surface area contributed by atoms with Crippen LogP contribution >= 0.6 is 23.2 Å². The molecule has 0 bridgehead atoms. The molecular formula is C17H16Cl2O. The third-order valence-electron chi connectivity index (χ3n) is 3.65. The van der Waals surface area contributed by atoms with E-state index in [0.717, 1.165) is 42.2 Å². The summed E-state index contributed by atoms with van der Waals surface area (Å²) >= 11 is 12.6. The van der Waals surface area contributed by atoms with Crippen LogP contribution in [0.25, 0.3) is 0 Å². The molecular weight excluding hydrogens is 291 g/mol. The summed E-state index contributed by atoms with van der Waals surface area (Å²) < 4.78 is 5.72. The van der Waals surface area contributed by atoms with Crippen LogP contribution in [0.15, 0.2) is 42.5 Å². The van der Waals surface area contributed by atoms with Gasteiger partial charge in [0.05, 0.1) is 12.0 Å². The fourth-order valence-corrected chi connectivity index (χ4v) is 3.16. The van der Waals surface area contributed by atoms with Crippen LogP contribution in [-0.2, 0) is 12.8 Å². The summed E-state index contributed by atoms with van der Waals surface area (Å²) in [6.45, 7) is 0.756. The summed E-state index contributed by atoms with van der Waals surface area (Å²) in [6.07, 6.45) is 2.71. The number of aryl methyl sites for hydroxylation is 1. The van der Waals surface area contributed by atoms with Crippen molar-refractivity contribution in [1.29, 1.82) is 0 Å². The minimum Gasteiger partial charge on any atom is -0.493 e. The lowest BCUT2D eigenvalue weighted by Gasteiger charge is -2.12. The zero-order valence-electron chi connectivity index (χ0n) is 11.1. The zero-order valence-corrected chi connectivity index (χ0v) is 12.6. The average molecular weight is 307 g/mol. The van der Waals surface area contributed by atoms with Crippen molar-refractivity contribution in [3.8, 4) is 5.75 Å². The molecule has 0 aromatic heterocycles. The van der Waals surface area contributed by atoms with Gasteiger partial charge in [0.2, 0.25) is 0 Å². The Kier molecular flexibility index (Phi) is 4.18. The molecule has 0 saturated heterocycles. The SMILES string of the molecule is Clc1cc2c(c(CCC(Cl)c3ccccc3)c1)OCC2. The highest BCUT2D eigenvalue weighted by molar-refractivity contribution is 6.30. The van der Waals surface area contributed by atoms with Crippen LogP contribution in [-0.4, -0.2) is 6.61 Å². The van der Waals surface area contributed by atoms with Crippen LogP contribution < -0.4 is 4.74 Å². The largest absolute Gasteiger partial charge is 0.493 e. The molecule has 0 saturated carbocycles. The highest BCUT2D eigenvalue weighted by Crippen LogP contribution is 2.35. The van der Waals surface area contributed by atoms with Crippen molar-refractivity contribution < 1.29 is 4.74 Å². The lowest BCUT2D eigenvalue weighted by molar-refractivity contribution is 0.353. The molecule has 1 heterocycles. The van der Waals surface area contributed by atoms with Crippen molar-refractivity contribution >= 4 is 23.2 Å². The van der Waals surface area contributed by atoms with E-state index in [1.165, 1.54) is 11.1 Å². The molecule has 2 aromatic carbocycles. The van der Waals surface area contributed by atoms with Crippen molar-refractivity contribution in [2.45, 2.75) is 24.6 Å². The van der Waals surface area contributed by atoms with Crippen LogP contribution in [0.5, 0.6) is 5.75 Å². The van der Waals surface area contributed by atoms with E-state index < -0.39 is 0 Å². The van der Waals surface area contributed by atoms with Crippen LogP contribution in [0.2, 0.25) is 5.02 Å². The molecule has 20 heavy (non-hydrogen) atoms. The molecule has 1 aliphatic rings. The summed E-state index contributed by atoms with van der Waals surface area (Å²) in [5, 5.41) is 0.808. The Bertz CT molecular complexity index is 595. The van der Waals surface area contributed by atoms with Gasteiger partial charge in [-0.15, -0.1) is 11.6 Å². The van der Waals surface area contributed by atoms with E-state index in [1.807, 2.05) is 30.3 Å². The zero-order chi connectivity index (χ0) is 13.9. The van der Waals surface area contributed by atoms with Gasteiger partial charge in [0, 0.05) is 11.4 Å². The summed E-state index contributed by atoms with van der Waals surface area (Å²) in [6, 6.07) is 14.2. The van der Waals surface area contributed by atoms with Crippen LogP contribution in [0.3, 0.4) is 0 Å². The summed E-state index contributed by atoms with van der Waals surface area (Å²) in [5.74, 6) is 1.02. The van der Waals surface area contributed by atoms with Crippen molar-refractivity contribution in [1.82, 2.24) is 0 Å². The van der Waals surface area contributed by atoms with E-state index in [-0.39, 0.29) is 5.38 Å². The van der Waals surface area contributed by atoms with Crippen molar-refractivity contribution in [2.24, 2.45) is 0 Å². The third-order valence-corrected chi connectivity index (χ3v) is 4.34. The molecule has 3 rings (SSSR count). The number of rotatable bonds is 4. The Morgan fingerprint density at radius 2 is 1.95 bits per heavy atom. The lowest BCUT2D eigenvalue weighted by Crippen LogP contribution is -1.97. The smallest absolute Gasteiger partial charge is 0.125 e. The molecule has 0 fully saturated rings. The van der Waals surface area contributed by atoms with Gasteiger partial charge < -0.3 is 4.74 Å². The number of hydrogen-bond donors (Lipinski definition) is 0. The van der Waals surface area contributed by atoms with Gasteiger partial charge >= 0.3 is 0 Å². The maximum Gasteiger partial charge on any atom is 0.125 e. The van der Waals surface area contributed by atoms with E-state index in [0.29, 0.717) is 0 Å². The molecule has 1 aliphatic heterocycles. The highest BCUT2D eigenvalue weighted by Gasteiger charge is 2.18. The Balaban J connectivity index is 1.73. The Hall–Kier alpha value is -1.18. The second-order valence-electron chi connectivity index (χ2n) is 5.07. The van der Waals surface area contributed by atoms with Gasteiger partial charge in [-0.05, 0) is 41.7 Å².